The minimum atomic E-state index is -1.50. The number of methoxy groups -OCH3 is 1. The lowest BCUT2D eigenvalue weighted by Crippen LogP contribution is -2.35. The molecule has 0 atom stereocenters. The second kappa shape index (κ2) is 23.5. The average molecular weight is 416 g/mol. The number of hydrogen-bond donors (Lipinski definition) is 0. The molecule has 0 aliphatic carbocycles. The van der Waals surface area contributed by atoms with Gasteiger partial charge >= 0.3 is 0 Å². The summed E-state index contributed by atoms with van der Waals surface area (Å²) in [7, 11) is 7.93. The normalized spacial score (nSPS) is 11.1. The number of nitrogens with zero attached hydrogens (tertiary/aromatic N) is 1. The molecule has 0 saturated carbocycles. The summed E-state index contributed by atoms with van der Waals surface area (Å²) in [6, 6.07) is 0. The first-order valence-electron chi connectivity index (χ1n) is 12.4. The van der Waals surface area contributed by atoms with E-state index in [0.29, 0.717) is 0 Å². The SMILES string of the molecule is CCCCCCCCCCCCCCCCCCCC[N+](C)(C)C.COC(=O)[O-]. The van der Waals surface area contributed by atoms with Gasteiger partial charge in [0.1, 0.15) is 0 Å². The number of unbranched alkanes of at least 4 members (excludes halogenated alkanes) is 17. The fourth-order valence-electron chi connectivity index (χ4n) is 3.49. The number of carbonyl (C=O) groups excluding carboxylic acids is 1. The van der Waals surface area contributed by atoms with Crippen LogP contribution in [0.25, 0.3) is 0 Å². The third kappa shape index (κ3) is 35.1. The minimum Gasteiger partial charge on any atom is -0.553 e. The Morgan fingerprint density at radius 2 is 0.862 bits per heavy atom. The van der Waals surface area contributed by atoms with E-state index in [-0.39, 0.29) is 0 Å². The van der Waals surface area contributed by atoms with Gasteiger partial charge < -0.3 is 19.1 Å². The predicted octanol–water partition coefficient (Wildman–Crippen LogP) is 6.71. The standard InChI is InChI=1S/C23H50N.C2H4O3/c1-5-6-7-8-9-10-11-12-13-14-15-16-17-18-19-20-21-22-23-24(2,3)4;1-5-2(3)4/h5-23H2,1-4H3;1H3,(H,3,4)/q+1;/p-1. The first-order chi connectivity index (χ1) is 13.8. The summed E-state index contributed by atoms with van der Waals surface area (Å²) >= 11 is 0. The molecule has 0 aromatic carbocycles. The van der Waals surface area contributed by atoms with Crippen LogP contribution in [0, 0.1) is 0 Å². The molecule has 29 heavy (non-hydrogen) atoms. The Kier molecular flexibility index (Phi) is 24.7. The molecular weight excluding hydrogens is 362 g/mol. The predicted molar refractivity (Wildman–Crippen MR) is 124 cm³/mol. The quantitative estimate of drug-likeness (QED) is 0.134. The molecule has 0 fully saturated rings. The molecule has 0 heterocycles. The summed E-state index contributed by atoms with van der Waals surface area (Å²) in [5, 5.41) is 9.03. The van der Waals surface area contributed by atoms with Crippen LogP contribution in [-0.4, -0.2) is 45.4 Å². The molecular formula is C25H53NO3. The maximum atomic E-state index is 9.03. The van der Waals surface area contributed by atoms with E-state index in [2.05, 4.69) is 32.8 Å². The Morgan fingerprint density at radius 1 is 0.621 bits per heavy atom. The molecule has 0 aliphatic heterocycles. The van der Waals surface area contributed by atoms with Gasteiger partial charge in [0.15, 0.2) is 0 Å². The van der Waals surface area contributed by atoms with E-state index in [1.54, 1.807) is 0 Å². The topological polar surface area (TPSA) is 49.4 Å². The van der Waals surface area contributed by atoms with Crippen LogP contribution in [0.1, 0.15) is 122 Å². The highest BCUT2D eigenvalue weighted by Crippen LogP contribution is 2.14. The van der Waals surface area contributed by atoms with Crippen molar-refractivity contribution in [1.29, 1.82) is 0 Å². The highest BCUT2D eigenvalue weighted by molar-refractivity contribution is 5.53. The van der Waals surface area contributed by atoms with E-state index in [0.717, 1.165) is 11.6 Å². The maximum absolute atomic E-state index is 9.03. The number of carboxylic acid groups (broad SMARTS) is 1. The van der Waals surface area contributed by atoms with Crippen LogP contribution in [0.2, 0.25) is 0 Å². The highest BCUT2D eigenvalue weighted by atomic mass is 16.6. The lowest BCUT2D eigenvalue weighted by molar-refractivity contribution is -0.870. The smallest absolute Gasteiger partial charge is 0.251 e. The second-order valence-electron chi connectivity index (χ2n) is 9.48. The van der Waals surface area contributed by atoms with Gasteiger partial charge in [-0.2, -0.15) is 0 Å². The van der Waals surface area contributed by atoms with Crippen molar-refractivity contribution < 1.29 is 19.1 Å². The van der Waals surface area contributed by atoms with E-state index >= 15 is 0 Å². The van der Waals surface area contributed by atoms with Gasteiger partial charge in [-0.3, -0.25) is 0 Å². The zero-order chi connectivity index (χ0) is 22.2. The summed E-state index contributed by atoms with van der Waals surface area (Å²) in [4.78, 5) is 9.03. The third-order valence-electron chi connectivity index (χ3n) is 5.35. The van der Waals surface area contributed by atoms with Crippen LogP contribution >= 0.6 is 0 Å². The molecule has 0 amide bonds. The number of hydrogen-bond acceptors (Lipinski definition) is 3. The molecule has 4 nitrogen and oxygen atoms in total. The van der Waals surface area contributed by atoms with Crippen LogP contribution < -0.4 is 5.11 Å². The summed E-state index contributed by atoms with van der Waals surface area (Å²) < 4.78 is 4.68. The summed E-state index contributed by atoms with van der Waals surface area (Å²) in [5.74, 6) is 0. The summed E-state index contributed by atoms with van der Waals surface area (Å²) in [6.45, 7) is 3.63. The van der Waals surface area contributed by atoms with Crippen LogP contribution in [-0.2, 0) is 4.74 Å². The minimum absolute atomic E-state index is 1.04. The van der Waals surface area contributed by atoms with Gasteiger partial charge in [0.2, 0.25) is 0 Å². The number of carbonyl (C=O) groups is 1. The Labute approximate surface area is 183 Å². The lowest BCUT2D eigenvalue weighted by atomic mass is 10.0. The summed E-state index contributed by atoms with van der Waals surface area (Å²) in [6.07, 6.45) is 24.9. The van der Waals surface area contributed by atoms with Crippen molar-refractivity contribution in [3.05, 3.63) is 0 Å². The van der Waals surface area contributed by atoms with E-state index in [4.69, 9.17) is 9.90 Å². The molecule has 4 heteroatoms. The van der Waals surface area contributed by atoms with Crippen molar-refractivity contribution in [2.24, 2.45) is 0 Å². The van der Waals surface area contributed by atoms with Gasteiger partial charge in [-0.1, -0.05) is 110 Å². The molecule has 0 unspecified atom stereocenters. The lowest BCUT2D eigenvalue weighted by Gasteiger charge is -2.23. The molecule has 0 aromatic rings. The Balaban J connectivity index is 0. The molecule has 0 aromatic heterocycles. The monoisotopic (exact) mass is 415 g/mol. The van der Waals surface area contributed by atoms with Crippen molar-refractivity contribution >= 4 is 6.16 Å². The molecule has 0 N–H and O–H groups in total. The van der Waals surface area contributed by atoms with Crippen molar-refractivity contribution in [3.63, 3.8) is 0 Å². The fraction of sp³-hybridized carbons (Fsp3) is 0.960. The molecule has 0 rings (SSSR count). The van der Waals surface area contributed by atoms with Gasteiger partial charge in [0, 0.05) is 7.11 Å². The van der Waals surface area contributed by atoms with Gasteiger partial charge in [0.05, 0.1) is 27.7 Å². The Bertz CT molecular complexity index is 327. The van der Waals surface area contributed by atoms with Gasteiger partial charge in [-0.25, -0.2) is 0 Å². The molecule has 0 aliphatic rings. The van der Waals surface area contributed by atoms with Crippen molar-refractivity contribution in [3.8, 4) is 0 Å². The molecule has 0 radical (unpaired) electrons. The van der Waals surface area contributed by atoms with E-state index in [1.165, 1.54) is 122 Å². The van der Waals surface area contributed by atoms with Gasteiger partial charge in [0.25, 0.3) is 6.16 Å². The zero-order valence-corrected chi connectivity index (χ0v) is 20.6. The number of ether oxygens (including phenoxy) is 1. The molecule has 176 valence electrons. The average Bonchev–Trinajstić information content (AvgIpc) is 2.66. The molecule has 0 bridgehead atoms. The first kappa shape index (κ1) is 30.4. The van der Waals surface area contributed by atoms with Crippen LogP contribution in [0.15, 0.2) is 0 Å². The van der Waals surface area contributed by atoms with Crippen LogP contribution in [0.3, 0.4) is 0 Å². The van der Waals surface area contributed by atoms with E-state index < -0.39 is 6.16 Å². The van der Waals surface area contributed by atoms with E-state index in [9.17, 15) is 0 Å². The largest absolute Gasteiger partial charge is 0.553 e. The fourth-order valence-corrected chi connectivity index (χ4v) is 3.49. The number of quaternary nitrogens is 1. The maximum Gasteiger partial charge on any atom is 0.251 e. The Hall–Kier alpha value is -0.770. The van der Waals surface area contributed by atoms with E-state index in [1.807, 2.05) is 0 Å². The van der Waals surface area contributed by atoms with Crippen LogP contribution in [0.5, 0.6) is 0 Å². The Morgan fingerprint density at radius 3 is 1.07 bits per heavy atom. The summed E-state index contributed by atoms with van der Waals surface area (Å²) in [5.41, 5.74) is 0. The van der Waals surface area contributed by atoms with Crippen molar-refractivity contribution in [1.82, 2.24) is 0 Å². The number of rotatable bonds is 19. The molecule has 0 saturated heterocycles. The third-order valence-corrected chi connectivity index (χ3v) is 5.35. The van der Waals surface area contributed by atoms with Crippen molar-refractivity contribution in [2.45, 2.75) is 122 Å². The zero-order valence-electron chi connectivity index (χ0n) is 20.6. The van der Waals surface area contributed by atoms with Gasteiger partial charge in [-0.05, 0) is 12.8 Å². The van der Waals surface area contributed by atoms with Gasteiger partial charge in [-0.15, -0.1) is 0 Å². The second-order valence-corrected chi connectivity index (χ2v) is 9.48. The first-order valence-corrected chi connectivity index (χ1v) is 12.4. The van der Waals surface area contributed by atoms with Crippen molar-refractivity contribution in [2.75, 3.05) is 34.8 Å². The van der Waals surface area contributed by atoms with Crippen LogP contribution in [0.4, 0.5) is 4.79 Å². The molecule has 0 spiro atoms. The highest BCUT2D eigenvalue weighted by Gasteiger charge is 2.04.